The number of hydrogen-bond acceptors (Lipinski definition) is 10. The van der Waals surface area contributed by atoms with Crippen LogP contribution in [0, 0.1) is 0 Å². The quantitative estimate of drug-likeness (QED) is 0.340. The van der Waals surface area contributed by atoms with Gasteiger partial charge in [0.2, 0.25) is 0 Å². The molecule has 10 nitrogen and oxygen atoms in total. The maximum atomic E-state index is 10.7. The highest BCUT2D eigenvalue weighted by atomic mass is 16.7. The van der Waals surface area contributed by atoms with E-state index in [1.807, 2.05) is 0 Å². The number of phenols is 2. The van der Waals surface area contributed by atoms with E-state index in [-0.39, 0.29) is 29.6 Å². The first-order valence-electron chi connectivity index (χ1n) is 11.1. The van der Waals surface area contributed by atoms with E-state index in [0.717, 1.165) is 5.56 Å². The van der Waals surface area contributed by atoms with Gasteiger partial charge in [-0.05, 0) is 55.2 Å². The monoisotopic (exact) mass is 478 g/mol. The van der Waals surface area contributed by atoms with Crippen molar-refractivity contribution in [3.63, 3.8) is 0 Å². The molecule has 2 aliphatic rings. The maximum Gasteiger partial charge on any atom is 0.187 e. The van der Waals surface area contributed by atoms with Gasteiger partial charge in [-0.25, -0.2) is 0 Å². The molecule has 0 aliphatic carbocycles. The van der Waals surface area contributed by atoms with E-state index < -0.39 is 42.9 Å². The van der Waals surface area contributed by atoms with Crippen LogP contribution < -0.4 is 9.47 Å². The molecule has 1 saturated heterocycles. The largest absolute Gasteiger partial charge is 0.504 e. The molecule has 7 atom stereocenters. The summed E-state index contributed by atoms with van der Waals surface area (Å²) in [7, 11) is 1.41. The summed E-state index contributed by atoms with van der Waals surface area (Å²) in [6.45, 7) is 1.54. The Bertz CT molecular complexity index is 1010. The van der Waals surface area contributed by atoms with Crippen LogP contribution in [0.25, 0.3) is 0 Å². The summed E-state index contributed by atoms with van der Waals surface area (Å²) >= 11 is 0. The first kappa shape index (κ1) is 24.5. The van der Waals surface area contributed by atoms with Gasteiger partial charge in [-0.15, -0.1) is 0 Å². The maximum absolute atomic E-state index is 10.7. The summed E-state index contributed by atoms with van der Waals surface area (Å²) in [5.41, 5.74) is 1.81. The van der Waals surface area contributed by atoms with Crippen molar-refractivity contribution in [2.45, 2.75) is 62.7 Å². The topological polar surface area (TPSA) is 158 Å². The summed E-state index contributed by atoms with van der Waals surface area (Å²) in [6, 6.07) is 7.98. The van der Waals surface area contributed by atoms with E-state index in [0.29, 0.717) is 24.0 Å². The molecule has 0 amide bonds. The summed E-state index contributed by atoms with van der Waals surface area (Å²) in [4.78, 5) is 0. The molecule has 0 saturated carbocycles. The Morgan fingerprint density at radius 1 is 0.971 bits per heavy atom. The third-order valence-electron chi connectivity index (χ3n) is 6.23. The second kappa shape index (κ2) is 9.95. The van der Waals surface area contributed by atoms with E-state index in [1.165, 1.54) is 13.2 Å². The fraction of sp³-hybridized carbons (Fsp3) is 0.500. The number of phenolic OH excluding ortho intramolecular Hbond substituents is 2. The number of aromatic hydroxyl groups is 2. The number of fused-ring (bicyclic) bond motifs is 1. The second-order valence-electron chi connectivity index (χ2n) is 8.57. The number of methoxy groups -OCH3 is 1. The number of rotatable bonds is 7. The van der Waals surface area contributed by atoms with Crippen molar-refractivity contribution in [1.29, 1.82) is 0 Å². The van der Waals surface area contributed by atoms with E-state index in [9.17, 15) is 30.6 Å². The molecule has 10 heteroatoms. The average Bonchev–Trinajstić information content (AvgIpc) is 3.18. The lowest BCUT2D eigenvalue weighted by Crippen LogP contribution is -2.57. The van der Waals surface area contributed by atoms with E-state index in [2.05, 4.69) is 0 Å². The van der Waals surface area contributed by atoms with Crippen molar-refractivity contribution in [3.8, 4) is 23.0 Å². The molecule has 0 radical (unpaired) electrons. The van der Waals surface area contributed by atoms with Crippen molar-refractivity contribution in [2.24, 2.45) is 0 Å². The predicted molar refractivity (Wildman–Crippen MR) is 118 cm³/mol. The first-order valence-corrected chi connectivity index (χ1v) is 11.1. The van der Waals surface area contributed by atoms with Gasteiger partial charge in [0.15, 0.2) is 35.4 Å². The summed E-state index contributed by atoms with van der Waals surface area (Å²) in [6.07, 6.45) is -7.10. The Kier molecular flexibility index (Phi) is 7.17. The van der Waals surface area contributed by atoms with Gasteiger partial charge < -0.3 is 49.6 Å². The zero-order chi connectivity index (χ0) is 24.6. The molecular formula is C24H30O10. The minimum absolute atomic E-state index is 0.00951. The van der Waals surface area contributed by atoms with Gasteiger partial charge in [0.05, 0.1) is 13.2 Å². The number of aliphatic hydroxyl groups excluding tert-OH is 4. The normalized spacial score (nSPS) is 30.6. The molecule has 4 rings (SSSR count). The van der Waals surface area contributed by atoms with Crippen LogP contribution in [-0.4, -0.2) is 75.1 Å². The minimum atomic E-state index is -1.53. The van der Waals surface area contributed by atoms with Crippen molar-refractivity contribution in [2.75, 3.05) is 13.7 Å². The van der Waals surface area contributed by atoms with Gasteiger partial charge >= 0.3 is 0 Å². The lowest BCUT2D eigenvalue weighted by Gasteiger charge is -2.40. The molecule has 34 heavy (non-hydrogen) atoms. The van der Waals surface area contributed by atoms with Crippen LogP contribution >= 0.6 is 0 Å². The molecule has 2 unspecified atom stereocenters. The Morgan fingerprint density at radius 3 is 2.44 bits per heavy atom. The first-order chi connectivity index (χ1) is 16.2. The molecule has 2 aromatic rings. The zero-order valence-electron chi connectivity index (χ0n) is 18.9. The van der Waals surface area contributed by atoms with Crippen LogP contribution in [0.1, 0.15) is 42.2 Å². The number of benzene rings is 2. The lowest BCUT2D eigenvalue weighted by atomic mass is 9.96. The van der Waals surface area contributed by atoms with Crippen molar-refractivity contribution in [3.05, 3.63) is 47.0 Å². The smallest absolute Gasteiger partial charge is 0.187 e. The molecule has 6 N–H and O–H groups in total. The SMILES string of the molecule is COc1cc(C2Oc3c(O)cc(CCCO)cc3C2O[C@@H]2O[C@@H](C)[C@H](O)[C@@H](O)[C@H]2O)ccc1O. The molecule has 2 aromatic carbocycles. The van der Waals surface area contributed by atoms with Crippen LogP contribution in [-0.2, 0) is 15.9 Å². The fourth-order valence-electron chi connectivity index (χ4n) is 4.34. The van der Waals surface area contributed by atoms with Gasteiger partial charge in [0.25, 0.3) is 0 Å². The number of aliphatic hydroxyl groups is 4. The summed E-state index contributed by atoms with van der Waals surface area (Å²) in [5.74, 6) is 0.227. The van der Waals surface area contributed by atoms with E-state index >= 15 is 0 Å². The fourth-order valence-corrected chi connectivity index (χ4v) is 4.34. The van der Waals surface area contributed by atoms with Gasteiger partial charge in [-0.3, -0.25) is 0 Å². The molecule has 1 fully saturated rings. The number of hydrogen-bond donors (Lipinski definition) is 6. The third kappa shape index (κ3) is 4.52. The Hall–Kier alpha value is -2.60. The van der Waals surface area contributed by atoms with Crippen LogP contribution in [0.4, 0.5) is 0 Å². The molecule has 2 aliphatic heterocycles. The van der Waals surface area contributed by atoms with Gasteiger partial charge in [-0.2, -0.15) is 0 Å². The van der Waals surface area contributed by atoms with E-state index in [1.54, 1.807) is 31.2 Å². The summed E-state index contributed by atoms with van der Waals surface area (Å²) in [5, 5.41) is 60.6. The molecule has 0 aromatic heterocycles. The Balaban J connectivity index is 1.73. The highest BCUT2D eigenvalue weighted by Gasteiger charge is 2.47. The van der Waals surface area contributed by atoms with Crippen LogP contribution in [0.3, 0.4) is 0 Å². The molecule has 186 valence electrons. The van der Waals surface area contributed by atoms with Crippen molar-refractivity contribution >= 4 is 0 Å². The molecule has 0 spiro atoms. The lowest BCUT2D eigenvalue weighted by molar-refractivity contribution is -0.309. The molecular weight excluding hydrogens is 448 g/mol. The predicted octanol–water partition coefficient (Wildman–Crippen LogP) is 1.05. The Morgan fingerprint density at radius 2 is 1.74 bits per heavy atom. The Labute approximate surface area is 196 Å². The van der Waals surface area contributed by atoms with Crippen molar-refractivity contribution in [1.82, 2.24) is 0 Å². The van der Waals surface area contributed by atoms with Gasteiger partial charge in [0, 0.05) is 12.2 Å². The summed E-state index contributed by atoms with van der Waals surface area (Å²) < 4.78 is 23.0. The van der Waals surface area contributed by atoms with Crippen LogP contribution in [0.2, 0.25) is 0 Å². The third-order valence-corrected chi connectivity index (χ3v) is 6.23. The van der Waals surface area contributed by atoms with Crippen molar-refractivity contribution < 1.29 is 49.6 Å². The number of aryl methyl sites for hydroxylation is 1. The van der Waals surface area contributed by atoms with Gasteiger partial charge in [-0.1, -0.05) is 6.07 Å². The van der Waals surface area contributed by atoms with Crippen LogP contribution in [0.5, 0.6) is 23.0 Å². The average molecular weight is 478 g/mol. The highest BCUT2D eigenvalue weighted by molar-refractivity contribution is 5.54. The van der Waals surface area contributed by atoms with E-state index in [4.69, 9.17) is 18.9 Å². The minimum Gasteiger partial charge on any atom is -0.504 e. The number of ether oxygens (including phenoxy) is 4. The highest BCUT2D eigenvalue weighted by Crippen LogP contribution is 2.52. The van der Waals surface area contributed by atoms with Gasteiger partial charge in [0.1, 0.15) is 24.4 Å². The van der Waals surface area contributed by atoms with Crippen LogP contribution in [0.15, 0.2) is 30.3 Å². The standard InChI is InChI=1S/C24H30O10/c1-11-18(28)19(29)20(30)24(32-11)34-23-14-8-12(4-3-7-25)9-16(27)22(14)33-21(23)13-5-6-15(26)17(10-13)31-2/h5-6,8-11,18-21,23-30H,3-4,7H2,1-2H3/t11-,18-,19+,20+,21?,23?,24-/m0/s1. The second-order valence-corrected chi connectivity index (χ2v) is 8.57. The molecule has 2 heterocycles. The zero-order valence-corrected chi connectivity index (χ0v) is 18.9. The molecule has 0 bridgehead atoms.